The maximum atomic E-state index is 4.04. The summed E-state index contributed by atoms with van der Waals surface area (Å²) in [7, 11) is 0. The van der Waals surface area contributed by atoms with Crippen molar-refractivity contribution in [3.63, 3.8) is 0 Å². The van der Waals surface area contributed by atoms with Gasteiger partial charge in [0.05, 0.1) is 0 Å². The molecule has 0 fully saturated rings. The molecule has 0 aromatic carbocycles. The molecule has 80 valence electrons. The highest BCUT2D eigenvalue weighted by molar-refractivity contribution is 9.09. The van der Waals surface area contributed by atoms with Gasteiger partial charge >= 0.3 is 0 Å². The third-order valence-corrected chi connectivity index (χ3v) is 6.03. The van der Waals surface area contributed by atoms with E-state index in [9.17, 15) is 0 Å². The molecule has 0 N–H and O–H groups in total. The van der Waals surface area contributed by atoms with Gasteiger partial charge in [-0.1, -0.05) is 52.9 Å². The predicted molar refractivity (Wildman–Crippen MR) is 67.4 cm³/mol. The minimum absolute atomic E-state index is 0.413. The molecule has 0 aliphatic rings. The van der Waals surface area contributed by atoms with Crippen molar-refractivity contribution in [1.29, 1.82) is 0 Å². The van der Waals surface area contributed by atoms with Crippen LogP contribution in [0.1, 0.15) is 26.7 Å². The second-order valence-corrected chi connectivity index (χ2v) is 5.95. The lowest BCUT2D eigenvalue weighted by molar-refractivity contribution is 0.359. The summed E-state index contributed by atoms with van der Waals surface area (Å²) in [5.41, 5.74) is 2.20. The zero-order valence-corrected chi connectivity index (χ0v) is 11.7. The highest BCUT2D eigenvalue weighted by atomic mass is 79.9. The van der Waals surface area contributed by atoms with Crippen molar-refractivity contribution in [2.75, 3.05) is 11.1 Å². The Hall–Kier alpha value is 0.390. The van der Waals surface area contributed by atoms with E-state index >= 15 is 0 Å². The number of alkyl halides is 1. The molecule has 2 nitrogen and oxygen atoms in total. The Kier molecular flexibility index (Phi) is 5.41. The Balaban J connectivity index is 2.48. The van der Waals surface area contributed by atoms with Gasteiger partial charge < -0.3 is 0 Å². The number of nitrogens with zero attached hydrogens (tertiary/aromatic N) is 2. The molecular weight excluding hydrogens is 280 g/mol. The van der Waals surface area contributed by atoms with Gasteiger partial charge in [0.2, 0.25) is 0 Å². The number of aromatic nitrogens is 2. The van der Waals surface area contributed by atoms with E-state index in [0.29, 0.717) is 5.41 Å². The van der Waals surface area contributed by atoms with E-state index in [1.807, 2.05) is 11.8 Å². The van der Waals surface area contributed by atoms with Crippen LogP contribution in [0.5, 0.6) is 0 Å². The standard InChI is InChI=1S/C9H15BrN2S2/c1-3-9(4-2,5-10)6-13-8-12-11-7-14-8/h7H,3-6H2,1-2H3. The Bertz CT molecular complexity index is 239. The van der Waals surface area contributed by atoms with Crippen LogP contribution >= 0.6 is 39.0 Å². The highest BCUT2D eigenvalue weighted by Gasteiger charge is 2.25. The summed E-state index contributed by atoms with van der Waals surface area (Å²) in [5, 5.41) is 8.94. The molecule has 0 amide bonds. The van der Waals surface area contributed by atoms with Gasteiger partial charge in [-0.2, -0.15) is 0 Å². The monoisotopic (exact) mass is 294 g/mol. The zero-order valence-electron chi connectivity index (χ0n) is 8.49. The average Bonchev–Trinajstić information content (AvgIpc) is 2.74. The zero-order chi connectivity index (χ0) is 10.4. The SMILES string of the molecule is CCC(CC)(CBr)CSc1nncs1. The van der Waals surface area contributed by atoms with Crippen LogP contribution in [0.4, 0.5) is 0 Å². The largest absolute Gasteiger partial charge is 0.174 e. The van der Waals surface area contributed by atoms with E-state index in [2.05, 4.69) is 40.0 Å². The van der Waals surface area contributed by atoms with E-state index in [4.69, 9.17) is 0 Å². The van der Waals surface area contributed by atoms with Crippen molar-refractivity contribution >= 4 is 39.0 Å². The van der Waals surface area contributed by atoms with Gasteiger partial charge in [-0.05, 0) is 18.3 Å². The summed E-state index contributed by atoms with van der Waals surface area (Å²) in [4.78, 5) is 0. The van der Waals surface area contributed by atoms with Crippen molar-refractivity contribution in [2.45, 2.75) is 31.0 Å². The van der Waals surface area contributed by atoms with E-state index in [-0.39, 0.29) is 0 Å². The third kappa shape index (κ3) is 3.21. The van der Waals surface area contributed by atoms with Crippen LogP contribution in [0.15, 0.2) is 9.85 Å². The van der Waals surface area contributed by atoms with Gasteiger partial charge in [-0.15, -0.1) is 10.2 Å². The van der Waals surface area contributed by atoms with Crippen LogP contribution in [-0.2, 0) is 0 Å². The van der Waals surface area contributed by atoms with Crippen LogP contribution in [-0.4, -0.2) is 21.3 Å². The Morgan fingerprint density at radius 2 is 2.21 bits per heavy atom. The molecular formula is C9H15BrN2S2. The molecule has 0 atom stereocenters. The van der Waals surface area contributed by atoms with E-state index in [0.717, 1.165) is 15.4 Å². The van der Waals surface area contributed by atoms with Gasteiger partial charge in [0, 0.05) is 11.1 Å². The first-order chi connectivity index (χ1) is 6.76. The molecule has 1 aromatic rings. The molecule has 1 rings (SSSR count). The fourth-order valence-corrected chi connectivity index (χ4v) is 4.28. The number of hydrogen-bond donors (Lipinski definition) is 0. The second kappa shape index (κ2) is 6.08. The van der Waals surface area contributed by atoms with Crippen molar-refractivity contribution in [1.82, 2.24) is 10.2 Å². The van der Waals surface area contributed by atoms with Crippen LogP contribution in [0.2, 0.25) is 0 Å². The second-order valence-electron chi connectivity index (χ2n) is 3.33. The molecule has 5 heteroatoms. The predicted octanol–water partition coefficient (Wildman–Crippen LogP) is 3.83. The summed E-state index contributed by atoms with van der Waals surface area (Å²) >= 11 is 7.05. The number of rotatable bonds is 6. The quantitative estimate of drug-likeness (QED) is 0.589. The first-order valence-corrected chi connectivity index (χ1v) is 7.70. The van der Waals surface area contributed by atoms with Crippen molar-refractivity contribution in [2.24, 2.45) is 5.41 Å². The van der Waals surface area contributed by atoms with E-state index in [1.165, 1.54) is 12.8 Å². The van der Waals surface area contributed by atoms with Crippen molar-refractivity contribution in [3.8, 4) is 0 Å². The summed E-state index contributed by atoms with van der Waals surface area (Å²) in [6.07, 6.45) is 2.42. The summed E-state index contributed by atoms with van der Waals surface area (Å²) in [6.45, 7) is 4.51. The fourth-order valence-electron chi connectivity index (χ4n) is 1.12. The van der Waals surface area contributed by atoms with E-state index in [1.54, 1.807) is 16.8 Å². The minimum Gasteiger partial charge on any atom is -0.146 e. The molecule has 0 bridgehead atoms. The molecule has 0 saturated heterocycles. The molecule has 1 heterocycles. The molecule has 0 aliphatic heterocycles. The van der Waals surface area contributed by atoms with Crippen LogP contribution in [0.25, 0.3) is 0 Å². The number of thioether (sulfide) groups is 1. The number of halogens is 1. The van der Waals surface area contributed by atoms with Crippen LogP contribution < -0.4 is 0 Å². The van der Waals surface area contributed by atoms with Crippen molar-refractivity contribution in [3.05, 3.63) is 5.51 Å². The Morgan fingerprint density at radius 3 is 2.64 bits per heavy atom. The normalized spacial score (nSPS) is 11.9. The maximum Gasteiger partial charge on any atom is 0.174 e. The van der Waals surface area contributed by atoms with Crippen LogP contribution in [0.3, 0.4) is 0 Å². The lowest BCUT2D eigenvalue weighted by Crippen LogP contribution is -2.23. The van der Waals surface area contributed by atoms with Gasteiger partial charge in [-0.25, -0.2) is 0 Å². The molecule has 0 aliphatic carbocycles. The topological polar surface area (TPSA) is 25.8 Å². The third-order valence-electron chi connectivity index (χ3n) is 2.63. The minimum atomic E-state index is 0.413. The summed E-state index contributed by atoms with van der Waals surface area (Å²) in [5.74, 6) is 1.13. The number of hydrogen-bond acceptors (Lipinski definition) is 4. The van der Waals surface area contributed by atoms with Gasteiger partial charge in [0.15, 0.2) is 4.34 Å². The van der Waals surface area contributed by atoms with Gasteiger partial charge in [-0.3, -0.25) is 0 Å². The molecule has 1 aromatic heterocycles. The molecule has 0 saturated carbocycles. The first kappa shape index (κ1) is 12.5. The molecule has 0 unspecified atom stereocenters. The fraction of sp³-hybridized carbons (Fsp3) is 0.778. The highest BCUT2D eigenvalue weighted by Crippen LogP contribution is 2.35. The van der Waals surface area contributed by atoms with Gasteiger partial charge in [0.1, 0.15) is 5.51 Å². The van der Waals surface area contributed by atoms with Gasteiger partial charge in [0.25, 0.3) is 0 Å². The smallest absolute Gasteiger partial charge is 0.146 e. The lowest BCUT2D eigenvalue weighted by Gasteiger charge is -2.28. The first-order valence-electron chi connectivity index (χ1n) is 4.71. The lowest BCUT2D eigenvalue weighted by atomic mass is 9.87. The average molecular weight is 295 g/mol. The van der Waals surface area contributed by atoms with Crippen LogP contribution in [0, 0.1) is 5.41 Å². The summed E-state index contributed by atoms with van der Waals surface area (Å²) in [6, 6.07) is 0. The summed E-state index contributed by atoms with van der Waals surface area (Å²) < 4.78 is 1.08. The van der Waals surface area contributed by atoms with E-state index < -0.39 is 0 Å². The molecule has 14 heavy (non-hydrogen) atoms. The molecule has 0 spiro atoms. The molecule has 0 radical (unpaired) electrons. The maximum absolute atomic E-state index is 4.04. The Morgan fingerprint density at radius 1 is 1.50 bits per heavy atom. The Labute approximate surface area is 102 Å². The van der Waals surface area contributed by atoms with Crippen molar-refractivity contribution < 1.29 is 0 Å².